The Labute approximate surface area is 269 Å². The van der Waals surface area contributed by atoms with E-state index in [0.717, 1.165) is 51.1 Å². The molecule has 0 fully saturated rings. The number of benzene rings is 4. The van der Waals surface area contributed by atoms with Gasteiger partial charge in [-0.2, -0.15) is 0 Å². The Morgan fingerprint density at radius 2 is 0.717 bits per heavy atom. The maximum atomic E-state index is 12.3. The van der Waals surface area contributed by atoms with Crippen molar-refractivity contribution in [1.82, 2.24) is 0 Å². The molecule has 0 radical (unpaired) electrons. The van der Waals surface area contributed by atoms with Crippen molar-refractivity contribution in [3.05, 3.63) is 119 Å². The predicted octanol–water partition coefficient (Wildman–Crippen LogP) is 8.33. The van der Waals surface area contributed by atoms with Gasteiger partial charge < -0.3 is 18.9 Å². The third-order valence-electron chi connectivity index (χ3n) is 7.21. The summed E-state index contributed by atoms with van der Waals surface area (Å²) in [7, 11) is 0. The van der Waals surface area contributed by atoms with Crippen LogP contribution in [0.5, 0.6) is 23.0 Å². The molecule has 0 aliphatic heterocycles. The normalized spacial score (nSPS) is 10.5. The van der Waals surface area contributed by atoms with E-state index in [1.54, 1.807) is 97.1 Å². The second-order valence-electron chi connectivity index (χ2n) is 10.7. The highest BCUT2D eigenvalue weighted by atomic mass is 16.5. The van der Waals surface area contributed by atoms with Gasteiger partial charge in [-0.3, -0.25) is 9.59 Å². The molecule has 8 heteroatoms. The van der Waals surface area contributed by atoms with Crippen molar-refractivity contribution in [3.63, 3.8) is 0 Å². The monoisotopic (exact) mass is 622 g/mol. The Morgan fingerprint density at radius 3 is 1.04 bits per heavy atom. The number of carbonyl (C=O) groups is 4. The molecule has 0 bridgehead atoms. The van der Waals surface area contributed by atoms with Crippen molar-refractivity contribution >= 4 is 24.5 Å². The zero-order chi connectivity index (χ0) is 32.4. The van der Waals surface area contributed by atoms with Crippen molar-refractivity contribution in [1.29, 1.82) is 0 Å². The standard InChI is InChI=1S/C38H38O8/c39-27-29-9-17-35(18-10-29)45-37(41)31-13-21-33(22-14-31)43-25-7-5-3-1-2-4-6-8-26-44-34-23-15-32(16-24-34)38(42)46-36-19-11-30(28-40)12-20-36/h9-24,27-28H,1-8,25-26H2. The summed E-state index contributed by atoms with van der Waals surface area (Å²) in [6.07, 6.45) is 10.3. The van der Waals surface area contributed by atoms with Gasteiger partial charge in [0, 0.05) is 11.1 Å². The maximum Gasteiger partial charge on any atom is 0.343 e. The van der Waals surface area contributed by atoms with Gasteiger partial charge in [0.05, 0.1) is 24.3 Å². The molecule has 4 aromatic carbocycles. The summed E-state index contributed by atoms with van der Waals surface area (Å²) >= 11 is 0. The highest BCUT2D eigenvalue weighted by molar-refractivity contribution is 5.92. The molecule has 0 heterocycles. The van der Waals surface area contributed by atoms with E-state index < -0.39 is 11.9 Å². The van der Waals surface area contributed by atoms with Gasteiger partial charge in [-0.1, -0.05) is 38.5 Å². The van der Waals surface area contributed by atoms with Gasteiger partial charge in [0.15, 0.2) is 0 Å². The lowest BCUT2D eigenvalue weighted by atomic mass is 10.1. The summed E-state index contributed by atoms with van der Waals surface area (Å²) in [6, 6.07) is 26.5. The molecule has 0 spiro atoms. The molecule has 0 aliphatic carbocycles. The van der Waals surface area contributed by atoms with Crippen molar-refractivity contribution in [2.45, 2.75) is 51.4 Å². The lowest BCUT2D eigenvalue weighted by Crippen LogP contribution is -2.08. The molecule has 0 N–H and O–H groups in total. The fourth-order valence-corrected chi connectivity index (χ4v) is 4.58. The van der Waals surface area contributed by atoms with Crippen molar-refractivity contribution in [3.8, 4) is 23.0 Å². The molecule has 0 atom stereocenters. The summed E-state index contributed by atoms with van der Waals surface area (Å²) in [4.78, 5) is 46.1. The average molecular weight is 623 g/mol. The number of esters is 2. The van der Waals surface area contributed by atoms with Gasteiger partial charge in [-0.15, -0.1) is 0 Å². The summed E-state index contributed by atoms with van der Waals surface area (Å²) < 4.78 is 22.3. The third kappa shape index (κ3) is 11.4. The second-order valence-corrected chi connectivity index (χ2v) is 10.7. The molecule has 0 amide bonds. The predicted molar refractivity (Wildman–Crippen MR) is 174 cm³/mol. The van der Waals surface area contributed by atoms with Crippen molar-refractivity contribution in [2.24, 2.45) is 0 Å². The molecule has 46 heavy (non-hydrogen) atoms. The van der Waals surface area contributed by atoms with Crippen LogP contribution in [-0.2, 0) is 0 Å². The molecular weight excluding hydrogens is 584 g/mol. The zero-order valence-corrected chi connectivity index (χ0v) is 25.7. The molecule has 238 valence electrons. The highest BCUT2D eigenvalue weighted by Gasteiger charge is 2.10. The number of carbonyl (C=O) groups excluding carboxylic acids is 4. The number of unbranched alkanes of at least 4 members (excludes halogenated alkanes) is 7. The minimum Gasteiger partial charge on any atom is -0.494 e. The van der Waals surface area contributed by atoms with Crippen LogP contribution >= 0.6 is 0 Å². The minimum atomic E-state index is -0.467. The lowest BCUT2D eigenvalue weighted by Gasteiger charge is -2.08. The summed E-state index contributed by atoms with van der Waals surface area (Å²) in [5.74, 6) is 1.26. The van der Waals surface area contributed by atoms with Gasteiger partial charge in [-0.05, 0) is 110 Å². The molecule has 0 aliphatic rings. The van der Waals surface area contributed by atoms with Crippen LogP contribution in [-0.4, -0.2) is 37.7 Å². The van der Waals surface area contributed by atoms with Crippen LogP contribution in [0, 0.1) is 0 Å². The third-order valence-corrected chi connectivity index (χ3v) is 7.21. The molecule has 4 rings (SSSR count). The van der Waals surface area contributed by atoms with E-state index in [1.165, 1.54) is 12.8 Å². The van der Waals surface area contributed by atoms with Gasteiger partial charge in [0.1, 0.15) is 35.6 Å². The highest BCUT2D eigenvalue weighted by Crippen LogP contribution is 2.19. The van der Waals surface area contributed by atoms with E-state index >= 15 is 0 Å². The topological polar surface area (TPSA) is 105 Å². The Balaban J connectivity index is 0.982. The van der Waals surface area contributed by atoms with Crippen molar-refractivity contribution < 1.29 is 38.1 Å². The number of hydrogen-bond donors (Lipinski definition) is 0. The quantitative estimate of drug-likeness (QED) is 0.0445. The molecule has 4 aromatic rings. The van der Waals surface area contributed by atoms with Gasteiger partial charge in [0.2, 0.25) is 0 Å². The van der Waals surface area contributed by atoms with Crippen LogP contribution < -0.4 is 18.9 Å². The Bertz CT molecular complexity index is 1410. The molecule has 0 aromatic heterocycles. The fourth-order valence-electron chi connectivity index (χ4n) is 4.58. The van der Waals surface area contributed by atoms with E-state index in [-0.39, 0.29) is 0 Å². The van der Waals surface area contributed by atoms with E-state index in [9.17, 15) is 19.2 Å². The molecule has 0 saturated heterocycles. The largest absolute Gasteiger partial charge is 0.494 e. The van der Waals surface area contributed by atoms with Crippen LogP contribution in [0.15, 0.2) is 97.1 Å². The molecular formula is C38H38O8. The Kier molecular flexibility index (Phi) is 13.6. The van der Waals surface area contributed by atoms with Crippen LogP contribution in [0.1, 0.15) is 92.8 Å². The first kappa shape index (κ1) is 33.6. The molecule has 0 saturated carbocycles. The Morgan fingerprint density at radius 1 is 0.413 bits per heavy atom. The lowest BCUT2D eigenvalue weighted by molar-refractivity contribution is 0.0725. The summed E-state index contributed by atoms with van der Waals surface area (Å²) in [6.45, 7) is 1.26. The molecule has 8 nitrogen and oxygen atoms in total. The van der Waals surface area contributed by atoms with Crippen LogP contribution in [0.2, 0.25) is 0 Å². The van der Waals surface area contributed by atoms with E-state index in [2.05, 4.69) is 0 Å². The van der Waals surface area contributed by atoms with Gasteiger partial charge in [-0.25, -0.2) is 9.59 Å². The SMILES string of the molecule is O=Cc1ccc(OC(=O)c2ccc(OCCCCCCCCCCOc3ccc(C(=O)Oc4ccc(C=O)cc4)cc3)cc2)cc1. The maximum absolute atomic E-state index is 12.3. The number of aldehydes is 2. The van der Waals surface area contributed by atoms with E-state index in [4.69, 9.17) is 18.9 Å². The number of ether oxygens (including phenoxy) is 4. The Hall–Kier alpha value is -5.24. The van der Waals surface area contributed by atoms with E-state index in [0.29, 0.717) is 58.5 Å². The van der Waals surface area contributed by atoms with Crippen LogP contribution in [0.4, 0.5) is 0 Å². The smallest absolute Gasteiger partial charge is 0.343 e. The second kappa shape index (κ2) is 18.5. The number of rotatable bonds is 19. The summed E-state index contributed by atoms with van der Waals surface area (Å²) in [5, 5.41) is 0. The minimum absolute atomic E-state index is 0.382. The van der Waals surface area contributed by atoms with E-state index in [1.807, 2.05) is 0 Å². The van der Waals surface area contributed by atoms with Gasteiger partial charge in [0.25, 0.3) is 0 Å². The first-order valence-electron chi connectivity index (χ1n) is 15.5. The number of hydrogen-bond acceptors (Lipinski definition) is 8. The van der Waals surface area contributed by atoms with Crippen LogP contribution in [0.25, 0.3) is 0 Å². The van der Waals surface area contributed by atoms with Gasteiger partial charge >= 0.3 is 11.9 Å². The average Bonchev–Trinajstić information content (AvgIpc) is 3.10. The van der Waals surface area contributed by atoms with Crippen LogP contribution in [0.3, 0.4) is 0 Å². The first-order chi connectivity index (χ1) is 22.5. The summed E-state index contributed by atoms with van der Waals surface area (Å²) in [5.41, 5.74) is 1.89. The fraction of sp³-hybridized carbons (Fsp3) is 0.263. The first-order valence-corrected chi connectivity index (χ1v) is 15.5. The zero-order valence-electron chi connectivity index (χ0n) is 25.7. The molecule has 0 unspecified atom stereocenters. The van der Waals surface area contributed by atoms with Crippen molar-refractivity contribution in [2.75, 3.05) is 13.2 Å².